The van der Waals surface area contributed by atoms with Gasteiger partial charge in [-0.1, -0.05) is 158 Å². The highest BCUT2D eigenvalue weighted by molar-refractivity contribution is 6.20. The fourth-order valence-electron chi connectivity index (χ4n) is 10.3. The van der Waals surface area contributed by atoms with E-state index in [1.54, 1.807) is 0 Å². The molecule has 0 aliphatic rings. The van der Waals surface area contributed by atoms with Crippen molar-refractivity contribution in [3.63, 3.8) is 0 Å². The van der Waals surface area contributed by atoms with Crippen LogP contribution in [0.5, 0.6) is 0 Å². The average Bonchev–Trinajstić information content (AvgIpc) is 4.01. The van der Waals surface area contributed by atoms with E-state index >= 15 is 0 Å². The fraction of sp³-hybridized carbons (Fsp3) is 0. The molecule has 0 amide bonds. The van der Waals surface area contributed by atoms with E-state index in [4.69, 9.17) is 8.83 Å². The van der Waals surface area contributed by atoms with E-state index in [1.165, 1.54) is 11.1 Å². The predicted octanol–water partition coefficient (Wildman–Crippen LogP) is 19.1. The molecule has 0 unspecified atom stereocenters. The van der Waals surface area contributed by atoms with Crippen molar-refractivity contribution < 1.29 is 8.83 Å². The average molecular weight is 897 g/mol. The summed E-state index contributed by atoms with van der Waals surface area (Å²) in [6, 6.07) is 94.6. The Balaban J connectivity index is 0.999. The first kappa shape index (κ1) is 40.9. The van der Waals surface area contributed by atoms with E-state index in [0.29, 0.717) is 0 Å². The van der Waals surface area contributed by atoms with Crippen LogP contribution in [0.3, 0.4) is 0 Å². The molecule has 330 valence electrons. The van der Waals surface area contributed by atoms with Crippen LogP contribution in [0.1, 0.15) is 0 Å². The molecule has 4 nitrogen and oxygen atoms in total. The molecule has 4 heteroatoms. The summed E-state index contributed by atoms with van der Waals surface area (Å²) in [4.78, 5) is 4.63. The summed E-state index contributed by atoms with van der Waals surface area (Å²) in [5.41, 5.74) is 18.8. The van der Waals surface area contributed by atoms with Crippen molar-refractivity contribution in [1.82, 2.24) is 0 Å². The van der Waals surface area contributed by atoms with E-state index in [9.17, 15) is 0 Å². The molecule has 11 aromatic carbocycles. The Labute approximate surface area is 406 Å². The Morgan fingerprint density at radius 1 is 0.214 bits per heavy atom. The van der Waals surface area contributed by atoms with Gasteiger partial charge in [-0.15, -0.1) is 0 Å². The summed E-state index contributed by atoms with van der Waals surface area (Å²) in [6.45, 7) is 0. The van der Waals surface area contributed by atoms with E-state index in [2.05, 4.69) is 265 Å². The largest absolute Gasteiger partial charge is 0.456 e. The molecule has 13 aromatic rings. The normalized spacial score (nSPS) is 11.4. The molecule has 0 atom stereocenters. The molecule has 0 bridgehead atoms. The topological polar surface area (TPSA) is 32.8 Å². The van der Waals surface area contributed by atoms with Crippen LogP contribution in [0.2, 0.25) is 0 Å². The lowest BCUT2D eigenvalue weighted by atomic mass is 9.85. The van der Waals surface area contributed by atoms with Gasteiger partial charge in [-0.05, 0) is 143 Å². The van der Waals surface area contributed by atoms with E-state index < -0.39 is 0 Å². The van der Waals surface area contributed by atoms with Crippen molar-refractivity contribution in [3.8, 4) is 44.5 Å². The standard InChI is InChI=1S/C66H44N2O2/c1-5-17-45(18-6-1)46-29-35-52(36-30-46)68(51-23-11-4-12-24-51)54-39-33-48(34-40-54)64-56(42-44-62-66(64)58-26-14-16-28-60(58)70-62)55-41-43-61-65(57-25-13-15-27-59(57)69-61)63(55)47-31-37-53(38-32-47)67(49-19-7-2-8-20-49)50-21-9-3-10-22-50/h1-44H. The molecule has 0 radical (unpaired) electrons. The third-order valence-electron chi connectivity index (χ3n) is 13.5. The Hall–Kier alpha value is -9.38. The van der Waals surface area contributed by atoms with Gasteiger partial charge in [0.1, 0.15) is 22.3 Å². The molecule has 70 heavy (non-hydrogen) atoms. The highest BCUT2D eigenvalue weighted by atomic mass is 16.3. The number of nitrogens with zero attached hydrogens (tertiary/aromatic N) is 2. The van der Waals surface area contributed by atoms with E-state index in [0.717, 1.165) is 111 Å². The number of hydrogen-bond donors (Lipinski definition) is 0. The Kier molecular flexibility index (Phi) is 10.1. The van der Waals surface area contributed by atoms with Crippen LogP contribution in [0, 0.1) is 0 Å². The summed E-state index contributed by atoms with van der Waals surface area (Å²) in [5, 5.41) is 4.31. The van der Waals surface area contributed by atoms with Gasteiger partial charge in [-0.3, -0.25) is 0 Å². The first-order chi connectivity index (χ1) is 34.7. The molecule has 13 rings (SSSR count). The van der Waals surface area contributed by atoms with Crippen LogP contribution >= 0.6 is 0 Å². The number of furan rings is 2. The summed E-state index contributed by atoms with van der Waals surface area (Å²) in [5.74, 6) is 0. The number of rotatable bonds is 10. The second-order valence-corrected chi connectivity index (χ2v) is 17.6. The highest BCUT2D eigenvalue weighted by Crippen LogP contribution is 2.50. The predicted molar refractivity (Wildman–Crippen MR) is 292 cm³/mol. The molecule has 2 aromatic heterocycles. The Bertz CT molecular complexity index is 3920. The summed E-state index contributed by atoms with van der Waals surface area (Å²) >= 11 is 0. The summed E-state index contributed by atoms with van der Waals surface area (Å²) in [7, 11) is 0. The smallest absolute Gasteiger partial charge is 0.136 e. The molecule has 0 aliphatic heterocycles. The van der Waals surface area contributed by atoms with Crippen molar-refractivity contribution in [2.45, 2.75) is 0 Å². The quantitative estimate of drug-likeness (QED) is 0.137. The van der Waals surface area contributed by atoms with Gasteiger partial charge in [0.15, 0.2) is 0 Å². The molecular formula is C66H44N2O2. The first-order valence-electron chi connectivity index (χ1n) is 23.7. The third kappa shape index (κ3) is 7.18. The second kappa shape index (κ2) is 17.4. The number of para-hydroxylation sites is 5. The van der Waals surface area contributed by atoms with Crippen LogP contribution in [0.4, 0.5) is 34.1 Å². The van der Waals surface area contributed by atoms with Crippen LogP contribution in [-0.4, -0.2) is 0 Å². The Morgan fingerprint density at radius 3 is 0.900 bits per heavy atom. The van der Waals surface area contributed by atoms with Crippen molar-refractivity contribution in [1.29, 1.82) is 0 Å². The van der Waals surface area contributed by atoms with Gasteiger partial charge >= 0.3 is 0 Å². The van der Waals surface area contributed by atoms with Gasteiger partial charge in [-0.25, -0.2) is 0 Å². The maximum atomic E-state index is 6.64. The van der Waals surface area contributed by atoms with Crippen LogP contribution in [0.15, 0.2) is 276 Å². The van der Waals surface area contributed by atoms with Gasteiger partial charge in [0, 0.05) is 66.8 Å². The summed E-state index contributed by atoms with van der Waals surface area (Å²) < 4.78 is 13.3. The molecule has 0 N–H and O–H groups in total. The maximum Gasteiger partial charge on any atom is 0.136 e. The molecule has 0 spiro atoms. The minimum absolute atomic E-state index is 0.844. The molecular weight excluding hydrogens is 853 g/mol. The van der Waals surface area contributed by atoms with Crippen molar-refractivity contribution >= 4 is 78.0 Å². The van der Waals surface area contributed by atoms with Gasteiger partial charge < -0.3 is 18.6 Å². The van der Waals surface area contributed by atoms with Crippen LogP contribution in [-0.2, 0) is 0 Å². The van der Waals surface area contributed by atoms with Crippen LogP contribution < -0.4 is 9.80 Å². The Morgan fingerprint density at radius 2 is 0.514 bits per heavy atom. The van der Waals surface area contributed by atoms with Gasteiger partial charge in [-0.2, -0.15) is 0 Å². The fourth-order valence-corrected chi connectivity index (χ4v) is 10.3. The number of anilines is 6. The molecule has 0 saturated heterocycles. The van der Waals surface area contributed by atoms with Gasteiger partial charge in [0.05, 0.1) is 0 Å². The second-order valence-electron chi connectivity index (χ2n) is 17.6. The lowest BCUT2D eigenvalue weighted by Crippen LogP contribution is -2.09. The number of hydrogen-bond acceptors (Lipinski definition) is 4. The van der Waals surface area contributed by atoms with E-state index in [1.807, 2.05) is 12.1 Å². The minimum Gasteiger partial charge on any atom is -0.456 e. The number of benzene rings is 11. The minimum atomic E-state index is 0.844. The zero-order chi connectivity index (χ0) is 46.4. The maximum absolute atomic E-state index is 6.64. The highest BCUT2D eigenvalue weighted by Gasteiger charge is 2.24. The molecule has 0 saturated carbocycles. The first-order valence-corrected chi connectivity index (χ1v) is 23.7. The molecule has 0 fully saturated rings. The van der Waals surface area contributed by atoms with Gasteiger partial charge in [0.25, 0.3) is 0 Å². The van der Waals surface area contributed by atoms with Crippen molar-refractivity contribution in [2.24, 2.45) is 0 Å². The molecule has 2 heterocycles. The van der Waals surface area contributed by atoms with Crippen molar-refractivity contribution in [3.05, 3.63) is 267 Å². The number of fused-ring (bicyclic) bond motifs is 6. The van der Waals surface area contributed by atoms with Gasteiger partial charge in [0.2, 0.25) is 0 Å². The monoisotopic (exact) mass is 896 g/mol. The summed E-state index contributed by atoms with van der Waals surface area (Å²) in [6.07, 6.45) is 0. The zero-order valence-electron chi connectivity index (χ0n) is 38.1. The van der Waals surface area contributed by atoms with Crippen LogP contribution in [0.25, 0.3) is 88.4 Å². The molecule has 0 aliphatic carbocycles. The lowest BCUT2D eigenvalue weighted by Gasteiger charge is -2.26. The van der Waals surface area contributed by atoms with Crippen molar-refractivity contribution in [2.75, 3.05) is 9.80 Å². The SMILES string of the molecule is c1ccc(-c2ccc(N(c3ccccc3)c3ccc(-c4c(-c5ccc6oc7ccccc7c6c5-c5ccc(N(c6ccccc6)c6ccccc6)cc5)ccc5oc6ccccc6c45)cc3)cc2)cc1. The third-order valence-corrected chi connectivity index (χ3v) is 13.5. The zero-order valence-corrected chi connectivity index (χ0v) is 38.1. The van der Waals surface area contributed by atoms with E-state index in [-0.39, 0.29) is 0 Å². The lowest BCUT2D eigenvalue weighted by molar-refractivity contribution is 0.668.